The van der Waals surface area contributed by atoms with Crippen LogP contribution in [0.1, 0.15) is 27.2 Å². The molecule has 0 amide bonds. The topological polar surface area (TPSA) is 59.2 Å². The van der Waals surface area contributed by atoms with Crippen LogP contribution in [-0.4, -0.2) is 11.0 Å². The van der Waals surface area contributed by atoms with Gasteiger partial charge in [-0.2, -0.15) is 0 Å². The second kappa shape index (κ2) is 7.02. The number of hydrogen-bond donors (Lipinski definition) is 1. The Kier molecular flexibility index (Phi) is 4.75. The molecule has 3 atom stereocenters. The molecule has 0 radical (unpaired) electrons. The van der Waals surface area contributed by atoms with E-state index in [-0.39, 0.29) is 22.0 Å². The van der Waals surface area contributed by atoms with Gasteiger partial charge in [-0.05, 0) is 39.7 Å². The minimum atomic E-state index is -0.488. The third-order valence-electron chi connectivity index (χ3n) is 4.91. The van der Waals surface area contributed by atoms with Gasteiger partial charge in [0.2, 0.25) is 0 Å². The first-order valence-corrected chi connectivity index (χ1v) is 11.9. The summed E-state index contributed by atoms with van der Waals surface area (Å²) in [6.45, 7) is 0. The number of rotatable bonds is 1. The van der Waals surface area contributed by atoms with Crippen LogP contribution in [0.25, 0.3) is 0 Å². The zero-order chi connectivity index (χ0) is 19.6. The van der Waals surface area contributed by atoms with Gasteiger partial charge in [-0.15, -0.1) is 0 Å². The van der Waals surface area contributed by atoms with Crippen LogP contribution in [0.2, 0.25) is 5.02 Å². The Labute approximate surface area is 189 Å². The van der Waals surface area contributed by atoms with Crippen LogP contribution >= 0.6 is 66.6 Å². The summed E-state index contributed by atoms with van der Waals surface area (Å²) < 4.78 is 7.32. The lowest BCUT2D eigenvalue weighted by Gasteiger charge is -2.40. The Hall–Kier alpha value is -1.06. The quantitative estimate of drug-likeness (QED) is 0.288. The highest BCUT2D eigenvalue weighted by molar-refractivity contribution is 9.11. The van der Waals surface area contributed by atoms with Gasteiger partial charge in [-0.3, -0.25) is 9.59 Å². The summed E-state index contributed by atoms with van der Waals surface area (Å²) in [7, 11) is 0. The zero-order valence-corrected chi connectivity index (χ0v) is 19.4. The fourth-order valence-electron chi connectivity index (χ4n) is 3.80. The molecular formula is C19H10Br2ClNO3S2. The lowest BCUT2D eigenvalue weighted by molar-refractivity contribution is -0.141. The van der Waals surface area contributed by atoms with E-state index in [1.165, 1.54) is 11.8 Å². The minimum absolute atomic E-state index is 0.134. The van der Waals surface area contributed by atoms with Gasteiger partial charge in [-0.25, -0.2) is 0 Å². The Balaban J connectivity index is 1.78. The maximum atomic E-state index is 13.1. The fraction of sp³-hybridized carbons (Fsp3) is 0.158. The van der Waals surface area contributed by atoms with Gasteiger partial charge in [0.15, 0.2) is 0 Å². The van der Waals surface area contributed by atoms with Gasteiger partial charge in [0.1, 0.15) is 5.75 Å². The van der Waals surface area contributed by atoms with E-state index in [2.05, 4.69) is 36.8 Å². The summed E-state index contributed by atoms with van der Waals surface area (Å²) in [6, 6.07) is 11.3. The van der Waals surface area contributed by atoms with Gasteiger partial charge >= 0.3 is 10.8 Å². The average molecular weight is 560 g/mol. The predicted octanol–water partition coefficient (Wildman–Crippen LogP) is 6.13. The van der Waals surface area contributed by atoms with E-state index in [0.29, 0.717) is 15.2 Å². The molecule has 0 spiro atoms. The number of nitrogens with one attached hydrogen (secondary N) is 1. The Bertz CT molecular complexity index is 1190. The third-order valence-corrected chi connectivity index (χ3v) is 8.76. The van der Waals surface area contributed by atoms with E-state index in [9.17, 15) is 9.59 Å². The van der Waals surface area contributed by atoms with Crippen molar-refractivity contribution in [2.75, 3.05) is 0 Å². The van der Waals surface area contributed by atoms with Crippen molar-refractivity contribution in [3.05, 3.63) is 76.0 Å². The second-order valence-corrected chi connectivity index (χ2v) is 10.8. The molecule has 2 aliphatic rings. The number of hydrogen-bond acceptors (Lipinski definition) is 5. The van der Waals surface area contributed by atoms with Crippen LogP contribution in [0, 0.1) is 5.92 Å². The van der Waals surface area contributed by atoms with E-state index in [1.807, 2.05) is 36.4 Å². The molecule has 0 bridgehead atoms. The van der Waals surface area contributed by atoms with Crippen molar-refractivity contribution >= 4 is 72.5 Å². The molecule has 2 aliphatic heterocycles. The van der Waals surface area contributed by atoms with Crippen LogP contribution in [0.4, 0.5) is 0 Å². The molecule has 0 saturated heterocycles. The van der Waals surface area contributed by atoms with Crippen LogP contribution in [0.15, 0.2) is 55.2 Å². The van der Waals surface area contributed by atoms with E-state index < -0.39 is 5.92 Å². The summed E-state index contributed by atoms with van der Waals surface area (Å²) in [5, 5.41) is 1.11. The number of thioether (sulfide) groups is 1. The molecular weight excluding hydrogens is 550 g/mol. The number of H-pyrrole nitrogens is 1. The zero-order valence-electron chi connectivity index (χ0n) is 13.9. The Morgan fingerprint density at radius 3 is 2.68 bits per heavy atom. The molecule has 28 heavy (non-hydrogen) atoms. The highest BCUT2D eigenvalue weighted by Crippen LogP contribution is 2.60. The second-order valence-electron chi connectivity index (χ2n) is 6.50. The summed E-state index contributed by atoms with van der Waals surface area (Å²) in [5.41, 5.74) is 1.73. The first kappa shape index (κ1) is 18.9. The molecule has 0 aliphatic carbocycles. The van der Waals surface area contributed by atoms with Gasteiger partial charge in [-0.1, -0.05) is 68.8 Å². The van der Waals surface area contributed by atoms with Crippen molar-refractivity contribution in [2.24, 2.45) is 5.92 Å². The van der Waals surface area contributed by atoms with Gasteiger partial charge in [0, 0.05) is 25.9 Å². The molecule has 142 valence electrons. The summed E-state index contributed by atoms with van der Waals surface area (Å²) in [6.07, 6.45) is 0. The molecule has 4 nitrogen and oxygen atoms in total. The van der Waals surface area contributed by atoms with Crippen LogP contribution in [0.5, 0.6) is 5.75 Å². The van der Waals surface area contributed by atoms with E-state index in [1.54, 1.807) is 0 Å². The van der Waals surface area contributed by atoms with Gasteiger partial charge in [0.05, 0.1) is 20.7 Å². The van der Waals surface area contributed by atoms with Crippen LogP contribution in [-0.2, 0) is 4.79 Å². The first-order chi connectivity index (χ1) is 13.4. The summed E-state index contributed by atoms with van der Waals surface area (Å²) >= 11 is 16.1. The number of carbonyl (C=O) groups excluding carboxylic acids is 1. The number of benzene rings is 2. The maximum Gasteiger partial charge on any atom is 0.316 e. The molecule has 3 aromatic rings. The molecule has 2 aromatic carbocycles. The van der Waals surface area contributed by atoms with E-state index in [4.69, 9.17) is 16.3 Å². The van der Waals surface area contributed by atoms with E-state index >= 15 is 0 Å². The number of thiazole rings is 1. The third kappa shape index (κ3) is 2.92. The maximum absolute atomic E-state index is 13.1. The number of esters is 1. The monoisotopic (exact) mass is 557 g/mol. The number of halogens is 3. The number of carbonyl (C=O) groups is 1. The van der Waals surface area contributed by atoms with Crippen molar-refractivity contribution < 1.29 is 9.53 Å². The standard InChI is InChI=1S/C19H10Br2ClNO3S2/c20-7-5-9-12-13(18(24)26-14(9)10(21)6-7)15(8-3-1-2-4-11(8)22)27-17-16(12)28-19(25)23-17/h1-6,12-13,15H,(H,23,25)/t12-,13-,15-/m1/s1. The van der Waals surface area contributed by atoms with Crippen LogP contribution in [0.3, 0.4) is 0 Å². The van der Waals surface area contributed by atoms with E-state index in [0.717, 1.165) is 36.8 Å². The highest BCUT2D eigenvalue weighted by atomic mass is 79.9. The SMILES string of the molecule is O=C1Oc2c(Br)cc(Br)cc2[C@H]2c3sc(=O)[nH]c3S[C@H](c3ccccc3Cl)[C@H]12. The average Bonchev–Trinajstić information content (AvgIpc) is 3.02. The molecule has 0 unspecified atom stereocenters. The van der Waals surface area contributed by atoms with Crippen LogP contribution < -0.4 is 9.61 Å². The fourth-order valence-corrected chi connectivity index (χ4v) is 8.09. The van der Waals surface area contributed by atoms with Crippen molar-refractivity contribution in [3.63, 3.8) is 0 Å². The Morgan fingerprint density at radius 1 is 1.11 bits per heavy atom. The molecule has 0 fully saturated rings. The molecule has 1 aromatic heterocycles. The van der Waals surface area contributed by atoms with Crippen molar-refractivity contribution in [3.8, 4) is 5.75 Å². The van der Waals surface area contributed by atoms with Gasteiger partial charge < -0.3 is 9.72 Å². The molecule has 1 N–H and O–H groups in total. The lowest BCUT2D eigenvalue weighted by Crippen LogP contribution is -2.37. The number of fused-ring (bicyclic) bond motifs is 5. The number of aromatic amines is 1. The van der Waals surface area contributed by atoms with Crippen molar-refractivity contribution in [1.82, 2.24) is 4.98 Å². The Morgan fingerprint density at radius 2 is 1.89 bits per heavy atom. The largest absolute Gasteiger partial charge is 0.425 e. The molecule has 5 rings (SSSR count). The predicted molar refractivity (Wildman–Crippen MR) is 118 cm³/mol. The summed E-state index contributed by atoms with van der Waals surface area (Å²) in [5.74, 6) is -0.584. The molecule has 0 saturated carbocycles. The summed E-state index contributed by atoms with van der Waals surface area (Å²) in [4.78, 5) is 29.0. The first-order valence-electron chi connectivity index (χ1n) is 8.28. The minimum Gasteiger partial charge on any atom is -0.425 e. The highest BCUT2D eigenvalue weighted by Gasteiger charge is 2.50. The molecule has 3 heterocycles. The lowest BCUT2D eigenvalue weighted by atomic mass is 9.78. The smallest absolute Gasteiger partial charge is 0.316 e. The number of ether oxygens (including phenoxy) is 1. The van der Waals surface area contributed by atoms with Gasteiger partial charge in [0.25, 0.3) is 0 Å². The van der Waals surface area contributed by atoms with Crippen molar-refractivity contribution in [2.45, 2.75) is 16.2 Å². The molecule has 9 heteroatoms. The normalized spacial score (nSPS) is 22.8. The number of aromatic nitrogens is 1. The van der Waals surface area contributed by atoms with Crippen molar-refractivity contribution in [1.29, 1.82) is 0 Å².